The van der Waals surface area contributed by atoms with Crippen LogP contribution in [0, 0.1) is 0 Å². The molecule has 0 saturated carbocycles. The summed E-state index contributed by atoms with van der Waals surface area (Å²) in [4.78, 5) is 58.9. The number of ether oxygens (including phenoxy) is 3. The molecule has 0 radical (unpaired) electrons. The third kappa shape index (κ3) is 87.8. The molecule has 5 unspecified atom stereocenters. The van der Waals surface area contributed by atoms with Crippen molar-refractivity contribution in [2.75, 3.05) is 39.6 Å². The monoisotopic (exact) mass is 1620 g/mol. The van der Waals surface area contributed by atoms with Crippen LogP contribution in [0.5, 0.6) is 0 Å². The topological polar surface area (TPSA) is 231 Å². The minimum absolute atomic E-state index is 0.0584. The number of carbonyl (C=O) groups excluding carboxylic acids is 3. The molecular weight excluding hydrogens is 1460 g/mol. The summed E-state index contributed by atoms with van der Waals surface area (Å²) in [7, 11) is -9.82. The van der Waals surface area contributed by atoms with Gasteiger partial charge in [0, 0.05) is 19.3 Å². The number of allylic oxidation sites excluding steroid dienone is 26. The van der Waals surface area contributed by atoms with Gasteiger partial charge in [-0.05, 0) is 154 Å². The van der Waals surface area contributed by atoms with Crippen molar-refractivity contribution in [3.8, 4) is 0 Å². The molecule has 4 N–H and O–H groups in total. The van der Waals surface area contributed by atoms with Crippen LogP contribution in [0.25, 0.3) is 0 Å². The SMILES string of the molecule is CC/C=C\C/C=C\C/C=C\C/C=C\C/C=C\CCCCCC(=O)OC(COC(=O)CCCCCCCCC/C=C\C/C=C\C/C=C\C/C=C\CCCCC)COP(=O)(O)OCC(O)COP(=O)(O)OCC(O)COC(=O)CCCCCCCCCCCCCCCCCCCCC/C=C\C/C=C\C/C=C\C/C=C\CCCCC. The zero-order valence-electron chi connectivity index (χ0n) is 71.3. The molecule has 16 nitrogen and oxygen atoms in total. The van der Waals surface area contributed by atoms with Gasteiger partial charge in [-0.15, -0.1) is 0 Å². The molecular formula is C95H162O16P2. The second-order valence-electron chi connectivity index (χ2n) is 29.7. The van der Waals surface area contributed by atoms with Gasteiger partial charge < -0.3 is 34.2 Å². The van der Waals surface area contributed by atoms with Gasteiger partial charge in [-0.3, -0.25) is 32.5 Å². The van der Waals surface area contributed by atoms with E-state index in [-0.39, 0.29) is 19.3 Å². The highest BCUT2D eigenvalue weighted by atomic mass is 31.2. The lowest BCUT2D eigenvalue weighted by Gasteiger charge is -2.21. The fourth-order valence-corrected chi connectivity index (χ4v) is 13.5. The number of aliphatic hydroxyl groups is 2. The number of aliphatic hydroxyl groups excluding tert-OH is 2. The van der Waals surface area contributed by atoms with Crippen molar-refractivity contribution in [1.82, 2.24) is 0 Å². The molecule has 0 amide bonds. The average Bonchev–Trinajstić information content (AvgIpc) is 0.905. The third-order valence-corrected chi connectivity index (χ3v) is 20.6. The summed E-state index contributed by atoms with van der Waals surface area (Å²) in [5.74, 6) is -1.62. The lowest BCUT2D eigenvalue weighted by molar-refractivity contribution is -0.161. The van der Waals surface area contributed by atoms with Gasteiger partial charge >= 0.3 is 33.6 Å². The predicted molar refractivity (Wildman–Crippen MR) is 472 cm³/mol. The summed E-state index contributed by atoms with van der Waals surface area (Å²) >= 11 is 0. The van der Waals surface area contributed by atoms with Crippen LogP contribution in [-0.2, 0) is 55.8 Å². The van der Waals surface area contributed by atoms with Crippen LogP contribution in [-0.4, -0.2) is 95.9 Å². The summed E-state index contributed by atoms with van der Waals surface area (Å²) in [5.41, 5.74) is 0. The second kappa shape index (κ2) is 86.5. The molecule has 0 saturated heterocycles. The van der Waals surface area contributed by atoms with E-state index in [1.807, 2.05) is 0 Å². The molecule has 0 heterocycles. The van der Waals surface area contributed by atoms with E-state index in [2.05, 4.69) is 179 Å². The van der Waals surface area contributed by atoms with Crippen LogP contribution in [0.3, 0.4) is 0 Å². The molecule has 0 spiro atoms. The van der Waals surface area contributed by atoms with E-state index in [1.54, 1.807) is 0 Å². The molecule has 0 aliphatic heterocycles. The van der Waals surface area contributed by atoms with Crippen LogP contribution < -0.4 is 0 Å². The molecule has 0 fully saturated rings. The molecule has 18 heteroatoms. The first-order chi connectivity index (χ1) is 55.2. The fraction of sp³-hybridized carbons (Fsp3) is 0.695. The van der Waals surface area contributed by atoms with E-state index in [4.69, 9.17) is 32.3 Å². The van der Waals surface area contributed by atoms with Gasteiger partial charge in [0.05, 0.1) is 26.4 Å². The predicted octanol–water partition coefficient (Wildman–Crippen LogP) is 27.3. The van der Waals surface area contributed by atoms with E-state index in [0.29, 0.717) is 19.3 Å². The maximum Gasteiger partial charge on any atom is 0.472 e. The lowest BCUT2D eigenvalue weighted by Crippen LogP contribution is -2.30. The zero-order chi connectivity index (χ0) is 82.2. The lowest BCUT2D eigenvalue weighted by atomic mass is 10.0. The Hall–Kier alpha value is -4.83. The summed E-state index contributed by atoms with van der Waals surface area (Å²) in [5, 5.41) is 20.7. The first-order valence-electron chi connectivity index (χ1n) is 44.8. The maximum absolute atomic E-state index is 13.0. The van der Waals surface area contributed by atoms with Crippen LogP contribution in [0.2, 0.25) is 0 Å². The third-order valence-electron chi connectivity index (χ3n) is 18.7. The number of phosphoric ester groups is 2. The molecule has 0 rings (SSSR count). The molecule has 648 valence electrons. The smallest absolute Gasteiger partial charge is 0.463 e. The molecule has 0 aliphatic rings. The number of phosphoric acid groups is 2. The van der Waals surface area contributed by atoms with Crippen molar-refractivity contribution in [3.05, 3.63) is 158 Å². The Bertz CT molecular complexity index is 2680. The summed E-state index contributed by atoms with van der Waals surface area (Å²) in [6, 6.07) is 0. The van der Waals surface area contributed by atoms with Gasteiger partial charge in [0.15, 0.2) is 6.10 Å². The largest absolute Gasteiger partial charge is 0.472 e. The van der Waals surface area contributed by atoms with Gasteiger partial charge in [0.25, 0.3) is 0 Å². The molecule has 0 aromatic rings. The number of unbranched alkanes of at least 4 members (excludes halogenated alkanes) is 35. The van der Waals surface area contributed by atoms with Crippen LogP contribution in [0.4, 0.5) is 0 Å². The molecule has 0 aromatic carbocycles. The van der Waals surface area contributed by atoms with Gasteiger partial charge in [0.2, 0.25) is 0 Å². The number of hydrogen-bond acceptors (Lipinski definition) is 14. The highest BCUT2D eigenvalue weighted by Crippen LogP contribution is 2.45. The van der Waals surface area contributed by atoms with Crippen LogP contribution >= 0.6 is 15.6 Å². The van der Waals surface area contributed by atoms with Crippen molar-refractivity contribution >= 4 is 33.6 Å². The molecule has 0 bridgehead atoms. The number of carbonyl (C=O) groups is 3. The summed E-state index contributed by atoms with van der Waals surface area (Å²) in [6.07, 6.45) is 110. The Morgan fingerprint density at radius 2 is 0.469 bits per heavy atom. The van der Waals surface area contributed by atoms with E-state index in [9.17, 15) is 43.5 Å². The molecule has 113 heavy (non-hydrogen) atoms. The van der Waals surface area contributed by atoms with E-state index in [0.717, 1.165) is 154 Å². The van der Waals surface area contributed by atoms with Crippen LogP contribution in [0.1, 0.15) is 367 Å². The van der Waals surface area contributed by atoms with E-state index < -0.39 is 91.5 Å². The molecule has 0 aliphatic carbocycles. The quantitative estimate of drug-likeness (QED) is 0.0146. The van der Waals surface area contributed by atoms with Crippen molar-refractivity contribution in [3.63, 3.8) is 0 Å². The van der Waals surface area contributed by atoms with E-state index >= 15 is 0 Å². The maximum atomic E-state index is 13.0. The van der Waals surface area contributed by atoms with E-state index in [1.165, 1.54) is 154 Å². The Kier molecular flexibility index (Phi) is 82.8. The Balaban J connectivity index is 4.52. The molecule has 0 aromatic heterocycles. The summed E-state index contributed by atoms with van der Waals surface area (Å²) < 4.78 is 61.3. The average molecular weight is 1620 g/mol. The fourth-order valence-electron chi connectivity index (χ4n) is 11.9. The Morgan fingerprint density at radius 3 is 0.752 bits per heavy atom. The van der Waals surface area contributed by atoms with Crippen molar-refractivity contribution in [2.24, 2.45) is 0 Å². The van der Waals surface area contributed by atoms with Gasteiger partial charge in [0.1, 0.15) is 25.4 Å². The minimum atomic E-state index is -4.95. The van der Waals surface area contributed by atoms with Crippen molar-refractivity contribution in [2.45, 2.75) is 386 Å². The minimum Gasteiger partial charge on any atom is -0.463 e. The first-order valence-corrected chi connectivity index (χ1v) is 47.8. The number of esters is 3. The summed E-state index contributed by atoms with van der Waals surface area (Å²) in [6.45, 7) is 2.49. The highest BCUT2D eigenvalue weighted by Gasteiger charge is 2.29. The van der Waals surface area contributed by atoms with Gasteiger partial charge in [-0.1, -0.05) is 352 Å². The first kappa shape index (κ1) is 108. The van der Waals surface area contributed by atoms with Crippen molar-refractivity contribution in [1.29, 1.82) is 0 Å². The van der Waals surface area contributed by atoms with Crippen molar-refractivity contribution < 1.29 is 75.8 Å². The van der Waals surface area contributed by atoms with Gasteiger partial charge in [-0.2, -0.15) is 0 Å². The van der Waals surface area contributed by atoms with Crippen LogP contribution in [0.15, 0.2) is 158 Å². The zero-order valence-corrected chi connectivity index (χ0v) is 73.0. The Labute approximate surface area is 689 Å². The molecule has 5 atom stereocenters. The van der Waals surface area contributed by atoms with Gasteiger partial charge in [-0.25, -0.2) is 9.13 Å². The number of hydrogen-bond donors (Lipinski definition) is 4. The normalized spacial score (nSPS) is 14.6. The standard InChI is InChI=1S/C95H162O16P2/c1-4-7-10-13-16-19-22-25-28-31-34-36-38-39-40-41-42-43-44-45-46-47-48-49-51-53-55-57-60-63-66-69-72-75-78-81-93(98)105-84-90(96)85-107-112(101,102)108-86-91(97)87-109-113(103,104)110-89-92(111-95(100)83-80-77-74-71-68-65-62-59-54-33-30-27-24-21-18-15-12-9-6-3)88-106-94(99)82-79-76-73-70-67-64-61-58-56-52-50-37-35-32-29-26-23-20-17-14-11-8-5-2/h9,12,16-21,25-30,34-37,39-40,52,54,56,59,65,68,90-92,96-97H,4-8,10-11,13-15,22-24,31-33,38,41-51,53,55,57-58,60-64,66-67,69-89H2,1-3H3,(H,101,102)(H,103,104)/b12-9-,19-16-,20-17-,21-18-,28-25-,29-26-,30-27-,36-34-,37-35-,40-39-,56-52-,59-54-,68-65-. The highest BCUT2D eigenvalue weighted by molar-refractivity contribution is 7.47. The Morgan fingerprint density at radius 1 is 0.257 bits per heavy atom. The number of rotatable bonds is 84. The second-order valence-corrected chi connectivity index (χ2v) is 32.6.